The van der Waals surface area contributed by atoms with E-state index < -0.39 is 0 Å². The van der Waals surface area contributed by atoms with Gasteiger partial charge in [-0.3, -0.25) is 0 Å². The topological polar surface area (TPSA) is 27.7 Å². The maximum absolute atomic E-state index is 5.61. The summed E-state index contributed by atoms with van der Waals surface area (Å²) in [5, 5.41) is 0. The van der Waals surface area contributed by atoms with E-state index in [4.69, 9.17) is 14.2 Å². The molecule has 96 valence electrons. The van der Waals surface area contributed by atoms with Crippen LogP contribution in [0.1, 0.15) is 19.8 Å². The molecule has 0 radical (unpaired) electrons. The second kappa shape index (κ2) is 6.22. The Morgan fingerprint density at radius 1 is 1.41 bits per heavy atom. The molecule has 2 rings (SSSR count). The van der Waals surface area contributed by atoms with Gasteiger partial charge in [0.25, 0.3) is 0 Å². The molecule has 0 saturated carbocycles. The molecule has 3 nitrogen and oxygen atoms in total. The minimum absolute atomic E-state index is 0.261. The molecule has 0 aromatic heterocycles. The van der Waals surface area contributed by atoms with E-state index in [-0.39, 0.29) is 5.41 Å². The fourth-order valence-electron chi connectivity index (χ4n) is 1.76. The number of hydrogen-bond donors (Lipinski definition) is 0. The van der Waals surface area contributed by atoms with Gasteiger partial charge in [-0.05, 0) is 12.5 Å². The van der Waals surface area contributed by atoms with Gasteiger partial charge in [0.15, 0.2) is 0 Å². The van der Waals surface area contributed by atoms with Crippen molar-refractivity contribution < 1.29 is 14.2 Å². The molecule has 1 atom stereocenters. The summed E-state index contributed by atoms with van der Waals surface area (Å²) in [4.78, 5) is 0. The SMILES string of the molecule is CC1(COCCCO/C=C/[C@H]2C=CC2)COC1. The lowest BCUT2D eigenvalue weighted by molar-refractivity contribution is -0.138. The Morgan fingerprint density at radius 2 is 2.24 bits per heavy atom. The standard InChI is InChI=1S/C14H22O3/c1-14(11-17-12-14)10-16-8-3-7-15-9-6-13-4-2-5-13/h2,4,6,9,13H,3,5,7-8,10-12H2,1H3/b9-6+/t13-/m0/s1. The van der Waals surface area contributed by atoms with Crippen molar-refractivity contribution in [3.05, 3.63) is 24.5 Å². The average Bonchev–Trinajstić information content (AvgIpc) is 2.22. The minimum atomic E-state index is 0.261. The van der Waals surface area contributed by atoms with E-state index in [2.05, 4.69) is 25.2 Å². The summed E-state index contributed by atoms with van der Waals surface area (Å²) in [5.74, 6) is 0.602. The van der Waals surface area contributed by atoms with Gasteiger partial charge in [0.1, 0.15) is 0 Å². The number of allylic oxidation sites excluding steroid dienone is 3. The fourth-order valence-corrected chi connectivity index (χ4v) is 1.76. The zero-order chi connectivity index (χ0) is 12.0. The molecule has 0 N–H and O–H groups in total. The van der Waals surface area contributed by atoms with Crippen LogP contribution >= 0.6 is 0 Å². The molecule has 0 bridgehead atoms. The van der Waals surface area contributed by atoms with Gasteiger partial charge in [-0.1, -0.05) is 19.1 Å². The van der Waals surface area contributed by atoms with E-state index in [1.807, 2.05) is 6.26 Å². The van der Waals surface area contributed by atoms with Crippen LogP contribution < -0.4 is 0 Å². The Bertz CT molecular complexity index is 279. The van der Waals surface area contributed by atoms with Crippen LogP contribution in [0.25, 0.3) is 0 Å². The molecule has 0 amide bonds. The molecule has 1 aliphatic carbocycles. The second-order valence-electron chi connectivity index (χ2n) is 5.24. The van der Waals surface area contributed by atoms with Crippen LogP contribution in [0.5, 0.6) is 0 Å². The summed E-state index contributed by atoms with van der Waals surface area (Å²) in [7, 11) is 0. The van der Waals surface area contributed by atoms with Gasteiger partial charge in [-0.2, -0.15) is 0 Å². The molecule has 2 aliphatic rings. The second-order valence-corrected chi connectivity index (χ2v) is 5.24. The maximum Gasteiger partial charge on any atom is 0.0895 e. The van der Waals surface area contributed by atoms with E-state index in [1.165, 1.54) is 0 Å². The van der Waals surface area contributed by atoms with Gasteiger partial charge in [-0.15, -0.1) is 0 Å². The molecule has 1 fully saturated rings. The van der Waals surface area contributed by atoms with Gasteiger partial charge in [0.05, 0.1) is 32.7 Å². The molecule has 1 saturated heterocycles. The largest absolute Gasteiger partial charge is 0.501 e. The van der Waals surface area contributed by atoms with Crippen molar-refractivity contribution in [2.24, 2.45) is 11.3 Å². The summed E-state index contributed by atoms with van der Waals surface area (Å²) >= 11 is 0. The maximum atomic E-state index is 5.61. The highest BCUT2D eigenvalue weighted by atomic mass is 16.5. The Morgan fingerprint density at radius 3 is 2.82 bits per heavy atom. The van der Waals surface area contributed by atoms with E-state index in [1.54, 1.807) is 0 Å². The molecule has 3 heteroatoms. The predicted octanol–water partition coefficient (Wildman–Crippen LogP) is 2.54. The Labute approximate surface area is 103 Å². The highest BCUT2D eigenvalue weighted by molar-refractivity contribution is 5.09. The fraction of sp³-hybridized carbons (Fsp3) is 0.714. The lowest BCUT2D eigenvalue weighted by atomic mass is 9.90. The van der Waals surface area contributed by atoms with E-state index >= 15 is 0 Å². The molecule has 1 heterocycles. The third kappa shape index (κ3) is 4.17. The Balaban J connectivity index is 1.38. The van der Waals surface area contributed by atoms with Crippen LogP contribution in [-0.2, 0) is 14.2 Å². The number of hydrogen-bond acceptors (Lipinski definition) is 3. The molecular formula is C14H22O3. The summed E-state index contributed by atoms with van der Waals surface area (Å²) in [6, 6.07) is 0. The third-order valence-corrected chi connectivity index (χ3v) is 3.12. The molecule has 0 unspecified atom stereocenters. The first-order valence-corrected chi connectivity index (χ1v) is 6.39. The summed E-state index contributed by atoms with van der Waals surface area (Å²) < 4.78 is 16.2. The van der Waals surface area contributed by atoms with E-state index in [0.717, 1.165) is 45.9 Å². The van der Waals surface area contributed by atoms with Crippen LogP contribution in [0.15, 0.2) is 24.5 Å². The lowest BCUT2D eigenvalue weighted by Gasteiger charge is -2.37. The van der Waals surface area contributed by atoms with Crippen LogP contribution in [0.2, 0.25) is 0 Å². The molecule has 17 heavy (non-hydrogen) atoms. The van der Waals surface area contributed by atoms with Crippen molar-refractivity contribution >= 4 is 0 Å². The van der Waals surface area contributed by atoms with Crippen LogP contribution in [0.3, 0.4) is 0 Å². The van der Waals surface area contributed by atoms with Crippen LogP contribution in [-0.4, -0.2) is 33.0 Å². The van der Waals surface area contributed by atoms with E-state index in [9.17, 15) is 0 Å². The molecule has 0 aromatic carbocycles. The van der Waals surface area contributed by atoms with Crippen molar-refractivity contribution in [3.8, 4) is 0 Å². The summed E-state index contributed by atoms with van der Waals surface area (Å²) in [6.45, 7) is 6.17. The van der Waals surface area contributed by atoms with Crippen molar-refractivity contribution in [1.82, 2.24) is 0 Å². The first-order valence-electron chi connectivity index (χ1n) is 6.39. The van der Waals surface area contributed by atoms with Gasteiger partial charge in [-0.25, -0.2) is 0 Å². The normalized spacial score (nSPS) is 25.6. The predicted molar refractivity (Wildman–Crippen MR) is 66.7 cm³/mol. The molecular weight excluding hydrogens is 216 g/mol. The Kier molecular flexibility index (Phi) is 4.63. The number of ether oxygens (including phenoxy) is 3. The molecule has 0 aromatic rings. The van der Waals surface area contributed by atoms with Crippen molar-refractivity contribution in [2.75, 3.05) is 33.0 Å². The number of rotatable bonds is 8. The monoisotopic (exact) mass is 238 g/mol. The Hall–Kier alpha value is -0.800. The zero-order valence-corrected chi connectivity index (χ0v) is 10.6. The summed E-state index contributed by atoms with van der Waals surface area (Å²) in [5.41, 5.74) is 0.261. The van der Waals surface area contributed by atoms with Crippen molar-refractivity contribution in [3.63, 3.8) is 0 Å². The van der Waals surface area contributed by atoms with Gasteiger partial charge >= 0.3 is 0 Å². The first-order chi connectivity index (χ1) is 8.29. The molecule has 0 spiro atoms. The minimum Gasteiger partial charge on any atom is -0.501 e. The van der Waals surface area contributed by atoms with Crippen molar-refractivity contribution in [2.45, 2.75) is 19.8 Å². The average molecular weight is 238 g/mol. The van der Waals surface area contributed by atoms with E-state index in [0.29, 0.717) is 5.92 Å². The smallest absolute Gasteiger partial charge is 0.0895 e. The zero-order valence-electron chi connectivity index (χ0n) is 10.6. The summed E-state index contributed by atoms with van der Waals surface area (Å²) in [6.07, 6.45) is 10.4. The highest BCUT2D eigenvalue weighted by Crippen LogP contribution is 2.26. The molecule has 1 aliphatic heterocycles. The lowest BCUT2D eigenvalue weighted by Crippen LogP contribution is -2.43. The van der Waals surface area contributed by atoms with Crippen molar-refractivity contribution in [1.29, 1.82) is 0 Å². The highest BCUT2D eigenvalue weighted by Gasteiger charge is 2.33. The first kappa shape index (κ1) is 12.7. The quantitative estimate of drug-likeness (QED) is 0.369. The van der Waals surface area contributed by atoms with Crippen LogP contribution in [0, 0.1) is 11.3 Å². The van der Waals surface area contributed by atoms with Crippen LogP contribution in [0.4, 0.5) is 0 Å². The third-order valence-electron chi connectivity index (χ3n) is 3.12. The van der Waals surface area contributed by atoms with Gasteiger partial charge in [0, 0.05) is 24.4 Å². The van der Waals surface area contributed by atoms with Gasteiger partial charge in [0.2, 0.25) is 0 Å². The van der Waals surface area contributed by atoms with Gasteiger partial charge < -0.3 is 14.2 Å².